The molecule has 190 valence electrons. The number of cyclic esters (lactones) is 1. The van der Waals surface area contributed by atoms with Crippen molar-refractivity contribution in [1.82, 2.24) is 4.90 Å². The third kappa shape index (κ3) is 8.16. The van der Waals surface area contributed by atoms with E-state index in [9.17, 15) is 19.8 Å². The van der Waals surface area contributed by atoms with E-state index in [0.29, 0.717) is 24.1 Å². The fourth-order valence-corrected chi connectivity index (χ4v) is 4.30. The van der Waals surface area contributed by atoms with Gasteiger partial charge in [-0.15, -0.1) is 0 Å². The summed E-state index contributed by atoms with van der Waals surface area (Å²) in [5.74, 6) is -1.28. The van der Waals surface area contributed by atoms with Crippen LogP contribution in [0.15, 0.2) is 41.6 Å². The van der Waals surface area contributed by atoms with Gasteiger partial charge in [0.1, 0.15) is 23.2 Å². The first-order valence-electron chi connectivity index (χ1n) is 12.5. The molecule has 35 heavy (non-hydrogen) atoms. The Balaban J connectivity index is 1.84. The number of oxime groups is 1. The fraction of sp³-hybridized carbons (Fsp3) is 0.519. The van der Waals surface area contributed by atoms with Gasteiger partial charge in [0, 0.05) is 32.0 Å². The van der Waals surface area contributed by atoms with Crippen LogP contribution in [0.5, 0.6) is 11.5 Å². The van der Waals surface area contributed by atoms with Gasteiger partial charge in [0.15, 0.2) is 6.61 Å². The van der Waals surface area contributed by atoms with Crippen LogP contribution in [0.25, 0.3) is 0 Å². The molecule has 0 saturated carbocycles. The number of hydrogen-bond acceptors (Lipinski definition) is 7. The number of benzene rings is 1. The van der Waals surface area contributed by atoms with E-state index in [4.69, 9.17) is 9.57 Å². The first-order chi connectivity index (χ1) is 17.0. The van der Waals surface area contributed by atoms with Gasteiger partial charge in [-0.1, -0.05) is 36.7 Å². The van der Waals surface area contributed by atoms with E-state index in [1.54, 1.807) is 11.0 Å². The topological polar surface area (TPSA) is 109 Å². The number of likely N-dealkylation sites (tertiary alicyclic amines) is 1. The van der Waals surface area contributed by atoms with Crippen molar-refractivity contribution < 1.29 is 29.4 Å². The lowest BCUT2D eigenvalue weighted by Crippen LogP contribution is -2.37. The minimum Gasteiger partial charge on any atom is -0.508 e. The first kappa shape index (κ1) is 26.3. The normalized spacial score (nSPS) is 22.5. The summed E-state index contributed by atoms with van der Waals surface area (Å²) < 4.78 is 5.73. The molecule has 1 fully saturated rings. The van der Waals surface area contributed by atoms with Crippen molar-refractivity contribution in [3.05, 3.63) is 47.6 Å². The van der Waals surface area contributed by atoms with E-state index in [-0.39, 0.29) is 42.1 Å². The average molecular weight is 485 g/mol. The number of piperidine rings is 1. The Morgan fingerprint density at radius 1 is 1.14 bits per heavy atom. The van der Waals surface area contributed by atoms with Crippen LogP contribution in [-0.2, 0) is 20.8 Å². The Morgan fingerprint density at radius 3 is 2.69 bits per heavy atom. The number of allylic oxidation sites excluding steroid dienone is 3. The maximum atomic E-state index is 13.1. The van der Waals surface area contributed by atoms with Crippen LogP contribution in [0.1, 0.15) is 74.2 Å². The lowest BCUT2D eigenvalue weighted by molar-refractivity contribution is -0.137. The van der Waals surface area contributed by atoms with Crippen molar-refractivity contribution in [2.45, 2.75) is 70.8 Å². The number of aromatic hydroxyl groups is 2. The SMILES string of the molecule is CCCC1C/C=C/CC/C=C/C(=N\OCC(=O)N2CCCCC2)Cc2cc(O)cc(O)c2C(=O)O1. The maximum absolute atomic E-state index is 13.1. The number of nitrogens with zero attached hydrogens (tertiary/aromatic N) is 2. The van der Waals surface area contributed by atoms with E-state index < -0.39 is 5.97 Å². The van der Waals surface area contributed by atoms with Gasteiger partial charge < -0.3 is 24.7 Å². The molecule has 0 bridgehead atoms. The zero-order valence-corrected chi connectivity index (χ0v) is 20.4. The summed E-state index contributed by atoms with van der Waals surface area (Å²) in [5, 5.41) is 24.7. The molecule has 0 radical (unpaired) electrons. The van der Waals surface area contributed by atoms with Crippen LogP contribution in [-0.4, -0.2) is 58.5 Å². The standard InChI is InChI=1S/C27H36N2O6/c1-2-11-23-13-8-5-3-4-7-12-21(28-34-19-25(32)29-14-9-6-10-15-29)16-20-17-22(30)18-24(31)26(20)27(33)35-23/h5,7-8,12,17-18,23,30-31H,2-4,6,9-11,13-16,19H2,1H3/b8-5+,12-7+,28-21+. The molecule has 1 aromatic carbocycles. The van der Waals surface area contributed by atoms with Crippen LogP contribution in [0.2, 0.25) is 0 Å². The quantitative estimate of drug-likeness (QED) is 0.358. The summed E-state index contributed by atoms with van der Waals surface area (Å²) in [4.78, 5) is 32.6. The van der Waals surface area contributed by atoms with Crippen LogP contribution >= 0.6 is 0 Å². The number of fused-ring (bicyclic) bond motifs is 1. The summed E-state index contributed by atoms with van der Waals surface area (Å²) in [5.41, 5.74) is 0.821. The van der Waals surface area contributed by atoms with Gasteiger partial charge >= 0.3 is 5.97 Å². The van der Waals surface area contributed by atoms with Crippen molar-refractivity contribution >= 4 is 17.6 Å². The largest absolute Gasteiger partial charge is 0.508 e. The summed E-state index contributed by atoms with van der Waals surface area (Å²) in [6.07, 6.45) is 14.5. The van der Waals surface area contributed by atoms with Crippen molar-refractivity contribution in [3.63, 3.8) is 0 Å². The molecule has 3 rings (SSSR count). The van der Waals surface area contributed by atoms with Gasteiger partial charge in [0.2, 0.25) is 0 Å². The Labute approximate surface area is 206 Å². The van der Waals surface area contributed by atoms with Gasteiger partial charge in [0.05, 0.1) is 5.71 Å². The molecular formula is C27H36N2O6. The van der Waals surface area contributed by atoms with Crippen molar-refractivity contribution in [3.8, 4) is 11.5 Å². The van der Waals surface area contributed by atoms with E-state index in [2.05, 4.69) is 11.2 Å². The highest BCUT2D eigenvalue weighted by atomic mass is 16.6. The number of hydrogen-bond donors (Lipinski definition) is 2. The van der Waals surface area contributed by atoms with E-state index in [0.717, 1.165) is 57.7 Å². The number of phenols is 2. The van der Waals surface area contributed by atoms with Crippen LogP contribution in [0, 0.1) is 0 Å². The fourth-order valence-electron chi connectivity index (χ4n) is 4.30. The summed E-state index contributed by atoms with van der Waals surface area (Å²) in [6.45, 7) is 3.33. The Hall–Kier alpha value is -3.29. The lowest BCUT2D eigenvalue weighted by Gasteiger charge is -2.26. The lowest BCUT2D eigenvalue weighted by atomic mass is 9.99. The number of esters is 1. The highest BCUT2D eigenvalue weighted by Gasteiger charge is 2.23. The third-order valence-electron chi connectivity index (χ3n) is 6.10. The number of phenolic OH excluding ortho intramolecular Hbond substituents is 2. The van der Waals surface area contributed by atoms with E-state index in [1.807, 2.05) is 19.1 Å². The zero-order valence-electron chi connectivity index (χ0n) is 20.4. The first-order valence-corrected chi connectivity index (χ1v) is 12.5. The highest BCUT2D eigenvalue weighted by molar-refractivity contribution is 6.00. The molecule has 1 atom stereocenters. The van der Waals surface area contributed by atoms with Gasteiger partial charge in [-0.05, 0) is 56.2 Å². The minimum atomic E-state index is -0.647. The van der Waals surface area contributed by atoms with Crippen molar-refractivity contribution in [1.29, 1.82) is 0 Å². The molecule has 1 unspecified atom stereocenters. The molecule has 2 aliphatic rings. The molecule has 2 N–H and O–H groups in total. The van der Waals surface area contributed by atoms with Crippen molar-refractivity contribution in [2.24, 2.45) is 5.16 Å². The molecule has 0 aromatic heterocycles. The van der Waals surface area contributed by atoms with Crippen LogP contribution in [0.4, 0.5) is 0 Å². The monoisotopic (exact) mass is 484 g/mol. The van der Waals surface area contributed by atoms with Gasteiger partial charge in [-0.2, -0.15) is 0 Å². The van der Waals surface area contributed by atoms with Crippen molar-refractivity contribution in [2.75, 3.05) is 19.7 Å². The number of carbonyl (C=O) groups is 2. The van der Waals surface area contributed by atoms with Gasteiger partial charge in [-0.25, -0.2) is 4.79 Å². The molecule has 8 heteroatoms. The second-order valence-corrected chi connectivity index (χ2v) is 8.98. The Morgan fingerprint density at radius 2 is 1.91 bits per heavy atom. The van der Waals surface area contributed by atoms with Gasteiger partial charge in [0.25, 0.3) is 5.91 Å². The smallest absolute Gasteiger partial charge is 0.342 e. The number of carbonyl (C=O) groups excluding carboxylic acids is 2. The van der Waals surface area contributed by atoms with Gasteiger partial charge in [-0.3, -0.25) is 4.79 Å². The Kier molecular flexibility index (Phi) is 10.2. The second kappa shape index (κ2) is 13.6. The molecule has 1 aromatic rings. The van der Waals surface area contributed by atoms with Crippen LogP contribution in [0.3, 0.4) is 0 Å². The minimum absolute atomic E-state index is 0.00423. The van der Waals surface area contributed by atoms with Crippen LogP contribution < -0.4 is 0 Å². The molecular weight excluding hydrogens is 448 g/mol. The molecule has 2 aliphatic heterocycles. The predicted molar refractivity (Wildman–Crippen MR) is 134 cm³/mol. The molecule has 0 spiro atoms. The molecule has 0 aliphatic carbocycles. The zero-order chi connectivity index (χ0) is 25.0. The second-order valence-electron chi connectivity index (χ2n) is 8.98. The molecule has 1 saturated heterocycles. The maximum Gasteiger partial charge on any atom is 0.342 e. The summed E-state index contributed by atoms with van der Waals surface area (Å²) >= 11 is 0. The highest BCUT2D eigenvalue weighted by Crippen LogP contribution is 2.30. The average Bonchev–Trinajstić information content (AvgIpc) is 2.82. The third-order valence-corrected chi connectivity index (χ3v) is 6.10. The van der Waals surface area contributed by atoms with E-state index in [1.165, 1.54) is 6.07 Å². The predicted octanol–water partition coefficient (Wildman–Crippen LogP) is 4.65. The molecule has 2 heterocycles. The summed E-state index contributed by atoms with van der Waals surface area (Å²) in [6, 6.07) is 2.54. The number of ether oxygens (including phenoxy) is 1. The van der Waals surface area contributed by atoms with E-state index >= 15 is 0 Å². The number of amides is 1. The molecule has 8 nitrogen and oxygen atoms in total. The molecule has 1 amide bonds. The number of rotatable bonds is 5. The Bertz CT molecular complexity index is 963. The summed E-state index contributed by atoms with van der Waals surface area (Å²) in [7, 11) is 0.